The lowest BCUT2D eigenvalue weighted by Crippen LogP contribution is -2.45. The molecule has 0 aliphatic carbocycles. The number of pyridine rings is 1. The van der Waals surface area contributed by atoms with Crippen LogP contribution in [0.3, 0.4) is 0 Å². The van der Waals surface area contributed by atoms with Crippen LogP contribution in [0.15, 0.2) is 23.1 Å². The molecule has 2 saturated heterocycles. The largest absolute Gasteiger partial charge is 0.340 e. The third kappa shape index (κ3) is 3.18. The van der Waals surface area contributed by atoms with E-state index < -0.39 is 0 Å². The Morgan fingerprint density at radius 3 is 2.52 bits per heavy atom. The van der Waals surface area contributed by atoms with Crippen molar-refractivity contribution >= 4 is 5.91 Å². The topological polar surface area (TPSA) is 45.5 Å². The molecule has 0 radical (unpaired) electrons. The molecule has 2 aliphatic heterocycles. The lowest BCUT2D eigenvalue weighted by Gasteiger charge is -2.36. The van der Waals surface area contributed by atoms with Gasteiger partial charge >= 0.3 is 0 Å². The second-order valence-corrected chi connectivity index (χ2v) is 6.18. The lowest BCUT2D eigenvalue weighted by molar-refractivity contribution is -0.130. The van der Waals surface area contributed by atoms with E-state index in [9.17, 15) is 9.59 Å². The van der Waals surface area contributed by atoms with Crippen molar-refractivity contribution in [1.29, 1.82) is 0 Å². The molecule has 5 heteroatoms. The Balaban J connectivity index is 1.54. The second kappa shape index (κ2) is 6.02. The molecule has 2 aliphatic rings. The van der Waals surface area contributed by atoms with Crippen LogP contribution in [-0.2, 0) is 18.4 Å². The summed E-state index contributed by atoms with van der Waals surface area (Å²) in [7, 11) is 1.79. The van der Waals surface area contributed by atoms with Gasteiger partial charge in [-0.15, -0.1) is 0 Å². The predicted molar refractivity (Wildman–Crippen MR) is 80.9 cm³/mol. The van der Waals surface area contributed by atoms with Gasteiger partial charge in [0, 0.05) is 58.0 Å². The molecule has 5 nitrogen and oxygen atoms in total. The van der Waals surface area contributed by atoms with Gasteiger partial charge in [-0.2, -0.15) is 0 Å². The first-order chi connectivity index (χ1) is 10.1. The van der Waals surface area contributed by atoms with E-state index in [2.05, 4.69) is 9.80 Å². The lowest BCUT2D eigenvalue weighted by atomic mass is 10.0. The minimum Gasteiger partial charge on any atom is -0.340 e. The SMILES string of the molecule is Cn1cc(CN2CCC(N3CCCC3=O)CC2)ccc1=O. The van der Waals surface area contributed by atoms with Crippen LogP contribution in [0.1, 0.15) is 31.2 Å². The van der Waals surface area contributed by atoms with Crippen LogP contribution in [0.2, 0.25) is 0 Å². The zero-order valence-corrected chi connectivity index (χ0v) is 12.6. The molecule has 3 rings (SSSR count). The van der Waals surface area contributed by atoms with Crippen molar-refractivity contribution in [3.63, 3.8) is 0 Å². The summed E-state index contributed by atoms with van der Waals surface area (Å²) in [4.78, 5) is 27.7. The summed E-state index contributed by atoms with van der Waals surface area (Å²) < 4.78 is 1.63. The van der Waals surface area contributed by atoms with Gasteiger partial charge in [0.1, 0.15) is 0 Å². The number of hydrogen-bond acceptors (Lipinski definition) is 3. The molecule has 0 spiro atoms. The van der Waals surface area contributed by atoms with Gasteiger partial charge in [-0.05, 0) is 24.8 Å². The highest BCUT2D eigenvalue weighted by Crippen LogP contribution is 2.22. The second-order valence-electron chi connectivity index (χ2n) is 6.18. The van der Waals surface area contributed by atoms with E-state index >= 15 is 0 Å². The molecule has 0 bridgehead atoms. The Morgan fingerprint density at radius 1 is 1.14 bits per heavy atom. The first-order valence-electron chi connectivity index (χ1n) is 7.81. The number of amides is 1. The molecule has 0 aromatic carbocycles. The number of piperidine rings is 1. The number of nitrogens with zero attached hydrogens (tertiary/aromatic N) is 3. The molecule has 1 aromatic heterocycles. The Kier molecular flexibility index (Phi) is 4.10. The fourth-order valence-electron chi connectivity index (χ4n) is 3.45. The van der Waals surface area contributed by atoms with Crippen LogP contribution in [0.25, 0.3) is 0 Å². The van der Waals surface area contributed by atoms with Gasteiger partial charge in [-0.1, -0.05) is 6.07 Å². The molecule has 1 aromatic rings. The molecule has 0 unspecified atom stereocenters. The summed E-state index contributed by atoms with van der Waals surface area (Å²) >= 11 is 0. The first kappa shape index (κ1) is 14.3. The molecule has 1 amide bonds. The number of rotatable bonds is 3. The van der Waals surface area contributed by atoms with E-state index in [0.29, 0.717) is 11.9 Å². The molecule has 21 heavy (non-hydrogen) atoms. The van der Waals surface area contributed by atoms with E-state index in [4.69, 9.17) is 0 Å². The van der Waals surface area contributed by atoms with E-state index in [1.807, 2.05) is 12.3 Å². The van der Waals surface area contributed by atoms with E-state index in [0.717, 1.165) is 51.9 Å². The minimum atomic E-state index is 0.0324. The molecule has 0 saturated carbocycles. The third-order valence-corrected chi connectivity index (χ3v) is 4.66. The fraction of sp³-hybridized carbons (Fsp3) is 0.625. The average molecular weight is 289 g/mol. The maximum absolute atomic E-state index is 11.8. The molecular weight excluding hydrogens is 266 g/mol. The number of carbonyl (C=O) groups is 1. The van der Waals surface area contributed by atoms with Gasteiger partial charge in [-0.25, -0.2) is 0 Å². The summed E-state index contributed by atoms with van der Waals surface area (Å²) in [6.07, 6.45) is 5.81. The predicted octanol–water partition coefficient (Wildman–Crippen LogP) is 0.972. The van der Waals surface area contributed by atoms with Crippen molar-refractivity contribution in [2.75, 3.05) is 19.6 Å². The van der Waals surface area contributed by atoms with Gasteiger partial charge in [0.05, 0.1) is 0 Å². The summed E-state index contributed by atoms with van der Waals surface area (Å²) in [5.41, 5.74) is 1.21. The third-order valence-electron chi connectivity index (χ3n) is 4.66. The average Bonchev–Trinajstić information content (AvgIpc) is 2.90. The van der Waals surface area contributed by atoms with E-state index in [1.165, 1.54) is 5.56 Å². The Hall–Kier alpha value is -1.62. The van der Waals surface area contributed by atoms with Crippen molar-refractivity contribution < 1.29 is 4.79 Å². The molecule has 0 N–H and O–H groups in total. The normalized spacial score (nSPS) is 21.2. The van der Waals surface area contributed by atoms with Gasteiger partial charge in [0.25, 0.3) is 0 Å². The van der Waals surface area contributed by atoms with Crippen molar-refractivity contribution in [1.82, 2.24) is 14.4 Å². The summed E-state index contributed by atoms with van der Waals surface area (Å²) in [5, 5.41) is 0. The quantitative estimate of drug-likeness (QED) is 0.833. The Bertz CT molecular complexity index is 573. The number of likely N-dealkylation sites (tertiary alicyclic amines) is 2. The standard InChI is InChI=1S/C16H23N3O2/c1-17-11-13(4-5-15(17)20)12-18-9-6-14(7-10-18)19-8-2-3-16(19)21/h4-5,11,14H,2-3,6-10,12H2,1H3. The molecule has 114 valence electrons. The summed E-state index contributed by atoms with van der Waals surface area (Å²) in [5.74, 6) is 0.339. The minimum absolute atomic E-state index is 0.0324. The van der Waals surface area contributed by atoms with Crippen molar-refractivity contribution in [2.24, 2.45) is 7.05 Å². The van der Waals surface area contributed by atoms with E-state index in [-0.39, 0.29) is 5.56 Å². The molecule has 0 atom stereocenters. The monoisotopic (exact) mass is 289 g/mol. The molecule has 3 heterocycles. The van der Waals surface area contributed by atoms with Gasteiger partial charge in [-0.3, -0.25) is 14.5 Å². The number of carbonyl (C=O) groups excluding carboxylic acids is 1. The van der Waals surface area contributed by atoms with Gasteiger partial charge in [0.2, 0.25) is 11.5 Å². The number of aromatic nitrogens is 1. The zero-order chi connectivity index (χ0) is 14.8. The highest BCUT2D eigenvalue weighted by Gasteiger charge is 2.30. The summed E-state index contributed by atoms with van der Waals surface area (Å²) in [6, 6.07) is 3.99. The van der Waals surface area contributed by atoms with Gasteiger partial charge < -0.3 is 9.47 Å². The van der Waals surface area contributed by atoms with Crippen LogP contribution >= 0.6 is 0 Å². The van der Waals surface area contributed by atoms with Crippen molar-refractivity contribution in [2.45, 2.75) is 38.3 Å². The fourth-order valence-corrected chi connectivity index (χ4v) is 3.45. The van der Waals surface area contributed by atoms with Crippen LogP contribution in [0.5, 0.6) is 0 Å². The smallest absolute Gasteiger partial charge is 0.250 e. The maximum Gasteiger partial charge on any atom is 0.250 e. The van der Waals surface area contributed by atoms with Crippen molar-refractivity contribution in [3.8, 4) is 0 Å². The highest BCUT2D eigenvalue weighted by atomic mass is 16.2. The van der Waals surface area contributed by atoms with E-state index in [1.54, 1.807) is 17.7 Å². The molecular formula is C16H23N3O2. The van der Waals surface area contributed by atoms with Crippen LogP contribution in [0.4, 0.5) is 0 Å². The highest BCUT2D eigenvalue weighted by molar-refractivity contribution is 5.78. The van der Waals surface area contributed by atoms with Crippen molar-refractivity contribution in [3.05, 3.63) is 34.2 Å². The molecule has 2 fully saturated rings. The Labute approximate surface area is 125 Å². The summed E-state index contributed by atoms with van der Waals surface area (Å²) in [6.45, 7) is 3.88. The van der Waals surface area contributed by atoms with Gasteiger partial charge in [0.15, 0.2) is 0 Å². The van der Waals surface area contributed by atoms with Crippen LogP contribution < -0.4 is 5.56 Å². The first-order valence-corrected chi connectivity index (χ1v) is 7.81. The number of hydrogen-bond donors (Lipinski definition) is 0. The van der Waals surface area contributed by atoms with Crippen LogP contribution in [-0.4, -0.2) is 46.0 Å². The zero-order valence-electron chi connectivity index (χ0n) is 12.6. The maximum atomic E-state index is 11.8. The Morgan fingerprint density at radius 2 is 1.90 bits per heavy atom. The van der Waals surface area contributed by atoms with Crippen LogP contribution in [0, 0.1) is 0 Å². The number of aryl methyl sites for hydroxylation is 1.